The molecule has 3 unspecified atom stereocenters. The average molecular weight is 276 g/mol. The zero-order valence-electron chi connectivity index (χ0n) is 12.0. The van der Waals surface area contributed by atoms with Gasteiger partial charge in [0.15, 0.2) is 6.10 Å². The van der Waals surface area contributed by atoms with Gasteiger partial charge in [-0.1, -0.05) is 43.7 Å². The first-order chi connectivity index (χ1) is 9.67. The Kier molecular flexibility index (Phi) is 5.15. The van der Waals surface area contributed by atoms with Gasteiger partial charge in [0.05, 0.1) is 0 Å². The summed E-state index contributed by atoms with van der Waals surface area (Å²) in [5, 5.41) is 10.2. The summed E-state index contributed by atoms with van der Waals surface area (Å²) < 4.78 is 0. The Morgan fingerprint density at radius 2 is 2.15 bits per heavy atom. The largest absolute Gasteiger partial charge is 0.378 e. The second kappa shape index (κ2) is 6.86. The molecule has 0 radical (unpaired) electrons. The third-order valence-corrected chi connectivity index (χ3v) is 4.31. The van der Waals surface area contributed by atoms with Crippen LogP contribution >= 0.6 is 0 Å². The zero-order valence-corrected chi connectivity index (χ0v) is 12.0. The normalized spacial score (nSPS) is 24.4. The van der Waals surface area contributed by atoms with Crippen LogP contribution < -0.4 is 5.73 Å². The van der Waals surface area contributed by atoms with Crippen LogP contribution in [-0.2, 0) is 4.79 Å². The number of piperidine rings is 1. The SMILES string of the molecule is CCC1CCN(C(=O)C(O)c2ccccc2)C(CN)C1. The van der Waals surface area contributed by atoms with Crippen molar-refractivity contribution in [3.63, 3.8) is 0 Å². The van der Waals surface area contributed by atoms with E-state index in [4.69, 9.17) is 5.73 Å². The fourth-order valence-electron chi connectivity index (χ4n) is 2.95. The molecule has 1 aliphatic heterocycles. The van der Waals surface area contributed by atoms with Crippen molar-refractivity contribution in [3.8, 4) is 0 Å². The third kappa shape index (κ3) is 3.19. The molecule has 4 heteroatoms. The van der Waals surface area contributed by atoms with E-state index in [2.05, 4.69) is 6.92 Å². The van der Waals surface area contributed by atoms with Crippen molar-refractivity contribution >= 4 is 5.91 Å². The van der Waals surface area contributed by atoms with Crippen LogP contribution in [0.15, 0.2) is 30.3 Å². The van der Waals surface area contributed by atoms with Gasteiger partial charge < -0.3 is 15.7 Å². The van der Waals surface area contributed by atoms with Gasteiger partial charge in [-0.05, 0) is 24.3 Å². The lowest BCUT2D eigenvalue weighted by Gasteiger charge is -2.39. The molecule has 1 amide bonds. The summed E-state index contributed by atoms with van der Waals surface area (Å²) in [6.45, 7) is 3.33. The van der Waals surface area contributed by atoms with Crippen molar-refractivity contribution in [3.05, 3.63) is 35.9 Å². The van der Waals surface area contributed by atoms with Gasteiger partial charge in [-0.15, -0.1) is 0 Å². The number of hydrogen-bond donors (Lipinski definition) is 2. The van der Waals surface area contributed by atoms with Crippen molar-refractivity contribution in [2.24, 2.45) is 11.7 Å². The highest BCUT2D eigenvalue weighted by molar-refractivity contribution is 5.82. The standard InChI is InChI=1S/C16H24N2O2/c1-2-12-8-9-18(14(10-12)11-17)16(20)15(19)13-6-4-3-5-7-13/h3-7,12,14-15,19H,2,8-11,17H2,1H3. The van der Waals surface area contributed by atoms with Gasteiger partial charge in [-0.2, -0.15) is 0 Å². The highest BCUT2D eigenvalue weighted by atomic mass is 16.3. The second-order valence-corrected chi connectivity index (χ2v) is 5.53. The molecule has 0 aromatic heterocycles. The maximum atomic E-state index is 12.5. The van der Waals surface area contributed by atoms with Gasteiger partial charge in [0.2, 0.25) is 0 Å². The third-order valence-electron chi connectivity index (χ3n) is 4.31. The smallest absolute Gasteiger partial charge is 0.256 e. The Bertz CT molecular complexity index is 435. The number of carbonyl (C=O) groups excluding carboxylic acids is 1. The molecule has 0 aliphatic carbocycles. The minimum atomic E-state index is -1.08. The first kappa shape index (κ1) is 15.0. The van der Waals surface area contributed by atoms with Gasteiger partial charge in [-0.25, -0.2) is 0 Å². The molecule has 0 spiro atoms. The molecule has 3 atom stereocenters. The number of nitrogens with two attached hydrogens (primary N) is 1. The van der Waals surface area contributed by atoms with Gasteiger partial charge in [0.1, 0.15) is 0 Å². The summed E-state index contributed by atoms with van der Waals surface area (Å²) in [4.78, 5) is 14.3. The van der Waals surface area contributed by atoms with Gasteiger partial charge in [-0.3, -0.25) is 4.79 Å². The fraction of sp³-hybridized carbons (Fsp3) is 0.562. The van der Waals surface area contributed by atoms with Crippen LogP contribution in [-0.4, -0.2) is 35.0 Å². The second-order valence-electron chi connectivity index (χ2n) is 5.53. The number of carbonyl (C=O) groups is 1. The molecule has 110 valence electrons. The predicted octanol–water partition coefficient (Wildman–Crippen LogP) is 1.70. The molecule has 1 fully saturated rings. The topological polar surface area (TPSA) is 66.6 Å². The summed E-state index contributed by atoms with van der Waals surface area (Å²) in [6, 6.07) is 9.14. The van der Waals surface area contributed by atoms with Crippen molar-refractivity contribution in [2.75, 3.05) is 13.1 Å². The lowest BCUT2D eigenvalue weighted by Crippen LogP contribution is -2.51. The molecule has 1 aromatic rings. The number of benzene rings is 1. The molecule has 1 heterocycles. The van der Waals surface area contributed by atoms with Crippen LogP contribution in [0.4, 0.5) is 0 Å². The Morgan fingerprint density at radius 1 is 1.45 bits per heavy atom. The van der Waals surface area contributed by atoms with Crippen LogP contribution in [0.25, 0.3) is 0 Å². The van der Waals surface area contributed by atoms with Gasteiger partial charge in [0.25, 0.3) is 5.91 Å². The van der Waals surface area contributed by atoms with E-state index in [0.29, 0.717) is 24.6 Å². The summed E-state index contributed by atoms with van der Waals surface area (Å²) in [7, 11) is 0. The minimum absolute atomic E-state index is 0.0552. The summed E-state index contributed by atoms with van der Waals surface area (Å²) >= 11 is 0. The van der Waals surface area contributed by atoms with Crippen molar-refractivity contribution in [2.45, 2.75) is 38.3 Å². The molecular formula is C16H24N2O2. The lowest BCUT2D eigenvalue weighted by molar-refractivity contribution is -0.145. The van der Waals surface area contributed by atoms with Crippen molar-refractivity contribution in [1.82, 2.24) is 4.90 Å². The fourth-order valence-corrected chi connectivity index (χ4v) is 2.95. The molecular weight excluding hydrogens is 252 g/mol. The monoisotopic (exact) mass is 276 g/mol. The van der Waals surface area contributed by atoms with Crippen LogP contribution in [0.2, 0.25) is 0 Å². The lowest BCUT2D eigenvalue weighted by atomic mass is 9.88. The summed E-state index contributed by atoms with van der Waals surface area (Å²) in [6.07, 6.45) is 1.99. The van der Waals surface area contributed by atoms with E-state index >= 15 is 0 Å². The summed E-state index contributed by atoms with van der Waals surface area (Å²) in [5.41, 5.74) is 6.46. The minimum Gasteiger partial charge on any atom is -0.378 e. The molecule has 1 aliphatic rings. The number of aliphatic hydroxyl groups is 1. The predicted molar refractivity (Wildman–Crippen MR) is 79.0 cm³/mol. The molecule has 1 saturated heterocycles. The highest BCUT2D eigenvalue weighted by Crippen LogP contribution is 2.27. The molecule has 3 N–H and O–H groups in total. The van der Waals surface area contributed by atoms with E-state index in [1.165, 1.54) is 0 Å². The van der Waals surface area contributed by atoms with Gasteiger partial charge in [0, 0.05) is 19.1 Å². The van der Waals surface area contributed by atoms with E-state index in [1.807, 2.05) is 18.2 Å². The van der Waals surface area contributed by atoms with E-state index in [-0.39, 0.29) is 11.9 Å². The van der Waals surface area contributed by atoms with Crippen LogP contribution in [0.3, 0.4) is 0 Å². The van der Waals surface area contributed by atoms with Crippen LogP contribution in [0.5, 0.6) is 0 Å². The van der Waals surface area contributed by atoms with E-state index in [1.54, 1.807) is 17.0 Å². The number of likely N-dealkylation sites (tertiary alicyclic amines) is 1. The van der Waals surface area contributed by atoms with Crippen molar-refractivity contribution in [1.29, 1.82) is 0 Å². The Hall–Kier alpha value is -1.39. The van der Waals surface area contributed by atoms with Gasteiger partial charge >= 0.3 is 0 Å². The van der Waals surface area contributed by atoms with Crippen LogP contribution in [0, 0.1) is 5.92 Å². The molecule has 0 bridgehead atoms. The molecule has 1 aromatic carbocycles. The molecule has 4 nitrogen and oxygen atoms in total. The Labute approximate surface area is 120 Å². The Morgan fingerprint density at radius 3 is 2.75 bits per heavy atom. The first-order valence-corrected chi connectivity index (χ1v) is 7.40. The summed E-state index contributed by atoms with van der Waals surface area (Å²) in [5.74, 6) is 0.419. The average Bonchev–Trinajstić information content (AvgIpc) is 2.53. The van der Waals surface area contributed by atoms with E-state index in [0.717, 1.165) is 19.3 Å². The Balaban J connectivity index is 2.08. The van der Waals surface area contributed by atoms with Crippen LogP contribution in [0.1, 0.15) is 37.9 Å². The van der Waals surface area contributed by atoms with Crippen molar-refractivity contribution < 1.29 is 9.90 Å². The number of aliphatic hydroxyl groups excluding tert-OH is 1. The van der Waals surface area contributed by atoms with E-state index < -0.39 is 6.10 Å². The molecule has 20 heavy (non-hydrogen) atoms. The molecule has 2 rings (SSSR count). The number of rotatable bonds is 4. The maximum absolute atomic E-state index is 12.5. The number of nitrogens with zero attached hydrogens (tertiary/aromatic N) is 1. The quantitative estimate of drug-likeness (QED) is 0.879. The maximum Gasteiger partial charge on any atom is 0.256 e. The zero-order chi connectivity index (χ0) is 14.5. The number of amides is 1. The number of hydrogen-bond acceptors (Lipinski definition) is 3. The van der Waals surface area contributed by atoms with E-state index in [9.17, 15) is 9.90 Å². The highest BCUT2D eigenvalue weighted by Gasteiger charge is 2.33. The first-order valence-electron chi connectivity index (χ1n) is 7.40. The molecule has 0 saturated carbocycles.